The van der Waals surface area contributed by atoms with Crippen LogP contribution in [0.4, 0.5) is 14.5 Å². The fourth-order valence-electron chi connectivity index (χ4n) is 2.59. The van der Waals surface area contributed by atoms with Gasteiger partial charge in [-0.1, -0.05) is 6.92 Å². The molecule has 8 heteroatoms. The largest absolute Gasteiger partial charge is 0.337 e. The molecule has 0 bridgehead atoms. The fourth-order valence-corrected chi connectivity index (χ4v) is 2.59. The molecule has 2 N–H and O–H groups in total. The minimum absolute atomic E-state index is 0.141. The molecule has 1 aromatic rings. The van der Waals surface area contributed by atoms with Crippen molar-refractivity contribution in [2.24, 2.45) is 11.7 Å². The minimum atomic E-state index is -1.36. The third-order valence-electron chi connectivity index (χ3n) is 3.45. The standard InChI is InChI=1S/C13H15F2N3O3/c1-7-2-8(16)6-17(5-7)13(19)9-3-10(14)11(15)4-12(9)18(20)21/h3-4,7-8H,2,5-6,16H2,1H3. The molecule has 2 unspecified atom stereocenters. The number of hydrogen-bond donors (Lipinski definition) is 1. The Hall–Kier alpha value is -2.09. The van der Waals surface area contributed by atoms with E-state index < -0.39 is 33.7 Å². The summed E-state index contributed by atoms with van der Waals surface area (Å²) >= 11 is 0. The maximum Gasteiger partial charge on any atom is 0.285 e. The Morgan fingerprint density at radius 3 is 2.57 bits per heavy atom. The molecule has 0 saturated carbocycles. The first-order valence-electron chi connectivity index (χ1n) is 6.48. The number of rotatable bonds is 2. The lowest BCUT2D eigenvalue weighted by Gasteiger charge is -2.34. The van der Waals surface area contributed by atoms with Gasteiger partial charge in [-0.3, -0.25) is 14.9 Å². The van der Waals surface area contributed by atoms with Gasteiger partial charge in [0.25, 0.3) is 11.6 Å². The quantitative estimate of drug-likeness (QED) is 0.664. The maximum absolute atomic E-state index is 13.3. The Kier molecular flexibility index (Phi) is 4.17. The van der Waals surface area contributed by atoms with E-state index in [4.69, 9.17) is 5.73 Å². The van der Waals surface area contributed by atoms with Crippen LogP contribution in [0.3, 0.4) is 0 Å². The van der Waals surface area contributed by atoms with Gasteiger partial charge in [0.2, 0.25) is 0 Å². The van der Waals surface area contributed by atoms with Crippen molar-refractivity contribution in [3.05, 3.63) is 39.4 Å². The van der Waals surface area contributed by atoms with Crippen LogP contribution in [0.25, 0.3) is 0 Å². The highest BCUT2D eigenvalue weighted by molar-refractivity contribution is 5.98. The van der Waals surface area contributed by atoms with Crippen LogP contribution < -0.4 is 5.73 Å². The van der Waals surface area contributed by atoms with E-state index in [-0.39, 0.29) is 18.5 Å². The Balaban J connectivity index is 2.38. The van der Waals surface area contributed by atoms with Crippen molar-refractivity contribution < 1.29 is 18.5 Å². The molecule has 1 aliphatic heterocycles. The molecule has 1 heterocycles. The molecule has 2 atom stereocenters. The third kappa shape index (κ3) is 3.15. The summed E-state index contributed by atoms with van der Waals surface area (Å²) in [6.07, 6.45) is 0.740. The van der Waals surface area contributed by atoms with E-state index in [0.717, 1.165) is 6.42 Å². The zero-order chi connectivity index (χ0) is 15.7. The highest BCUT2D eigenvalue weighted by Crippen LogP contribution is 2.25. The van der Waals surface area contributed by atoms with Crippen molar-refractivity contribution in [3.8, 4) is 0 Å². The molecular formula is C13H15F2N3O3. The molecule has 6 nitrogen and oxygen atoms in total. The van der Waals surface area contributed by atoms with Crippen LogP contribution in [0, 0.1) is 27.7 Å². The Morgan fingerprint density at radius 2 is 2.00 bits per heavy atom. The molecule has 0 spiro atoms. The Morgan fingerprint density at radius 1 is 1.38 bits per heavy atom. The van der Waals surface area contributed by atoms with E-state index in [2.05, 4.69) is 0 Å². The zero-order valence-corrected chi connectivity index (χ0v) is 11.4. The van der Waals surface area contributed by atoms with Crippen LogP contribution in [0.15, 0.2) is 12.1 Å². The predicted molar refractivity (Wildman–Crippen MR) is 70.7 cm³/mol. The molecule has 1 fully saturated rings. The zero-order valence-electron chi connectivity index (χ0n) is 11.4. The average Bonchev–Trinajstić information content (AvgIpc) is 2.39. The van der Waals surface area contributed by atoms with Crippen molar-refractivity contribution in [3.63, 3.8) is 0 Å². The number of amides is 1. The second kappa shape index (κ2) is 5.72. The Labute approximate surface area is 119 Å². The number of carbonyl (C=O) groups is 1. The normalized spacial score (nSPS) is 22.2. The summed E-state index contributed by atoms with van der Waals surface area (Å²) in [5, 5.41) is 10.9. The molecule has 1 amide bonds. The summed E-state index contributed by atoms with van der Waals surface area (Å²) in [6, 6.07) is 0.762. The van der Waals surface area contributed by atoms with Gasteiger partial charge in [-0.05, 0) is 18.4 Å². The van der Waals surface area contributed by atoms with Crippen LogP contribution in [0.5, 0.6) is 0 Å². The van der Waals surface area contributed by atoms with E-state index in [1.807, 2.05) is 6.92 Å². The third-order valence-corrected chi connectivity index (χ3v) is 3.45. The summed E-state index contributed by atoms with van der Waals surface area (Å²) < 4.78 is 26.4. The first kappa shape index (κ1) is 15.3. The van der Waals surface area contributed by atoms with E-state index >= 15 is 0 Å². The molecule has 21 heavy (non-hydrogen) atoms. The second-order valence-corrected chi connectivity index (χ2v) is 5.35. The SMILES string of the molecule is CC1CC(N)CN(C(=O)c2cc(F)c(F)cc2[N+](=O)[O-])C1. The predicted octanol–water partition coefficient (Wildman–Crippen LogP) is 1.68. The van der Waals surface area contributed by atoms with E-state index in [1.54, 1.807) is 0 Å². The van der Waals surface area contributed by atoms with E-state index in [9.17, 15) is 23.7 Å². The van der Waals surface area contributed by atoms with Gasteiger partial charge in [-0.2, -0.15) is 0 Å². The van der Waals surface area contributed by atoms with Crippen LogP contribution in [0.1, 0.15) is 23.7 Å². The Bertz CT molecular complexity index is 584. The molecule has 0 aliphatic carbocycles. The molecule has 0 aromatic heterocycles. The van der Waals surface area contributed by atoms with Gasteiger partial charge in [0.1, 0.15) is 5.56 Å². The number of nitrogens with two attached hydrogens (primary N) is 1. The summed E-state index contributed by atoms with van der Waals surface area (Å²) in [6.45, 7) is 2.51. The number of nitrogens with zero attached hydrogens (tertiary/aromatic N) is 2. The monoisotopic (exact) mass is 299 g/mol. The van der Waals surface area contributed by atoms with Gasteiger partial charge >= 0.3 is 0 Å². The minimum Gasteiger partial charge on any atom is -0.337 e. The number of piperidine rings is 1. The molecule has 2 rings (SSSR count). The summed E-state index contributed by atoms with van der Waals surface area (Å²) in [5.41, 5.74) is 4.62. The number of nitro groups is 1. The van der Waals surface area contributed by atoms with Crippen LogP contribution in [0.2, 0.25) is 0 Å². The molecule has 1 saturated heterocycles. The number of benzene rings is 1. The van der Waals surface area contributed by atoms with Gasteiger partial charge < -0.3 is 10.6 Å². The van der Waals surface area contributed by atoms with Crippen LogP contribution in [-0.2, 0) is 0 Å². The highest BCUT2D eigenvalue weighted by Gasteiger charge is 2.31. The highest BCUT2D eigenvalue weighted by atomic mass is 19.2. The number of carbonyl (C=O) groups excluding carboxylic acids is 1. The number of hydrogen-bond acceptors (Lipinski definition) is 4. The van der Waals surface area contributed by atoms with Crippen LogP contribution in [-0.4, -0.2) is 34.9 Å². The van der Waals surface area contributed by atoms with Crippen LogP contribution >= 0.6 is 0 Å². The maximum atomic E-state index is 13.3. The lowest BCUT2D eigenvalue weighted by Crippen LogP contribution is -2.48. The fraction of sp³-hybridized carbons (Fsp3) is 0.462. The number of halogens is 2. The summed E-state index contributed by atoms with van der Waals surface area (Å²) in [7, 11) is 0. The first-order chi connectivity index (χ1) is 9.79. The van der Waals surface area contributed by atoms with Gasteiger partial charge in [0.05, 0.1) is 11.0 Å². The van der Waals surface area contributed by atoms with Crippen molar-refractivity contribution in [2.45, 2.75) is 19.4 Å². The van der Waals surface area contributed by atoms with E-state index in [1.165, 1.54) is 4.90 Å². The topological polar surface area (TPSA) is 89.5 Å². The van der Waals surface area contributed by atoms with Gasteiger partial charge in [0.15, 0.2) is 11.6 Å². The average molecular weight is 299 g/mol. The molecule has 0 radical (unpaired) electrons. The van der Waals surface area contributed by atoms with Gasteiger partial charge in [0, 0.05) is 19.1 Å². The van der Waals surface area contributed by atoms with Crippen molar-refractivity contribution in [2.75, 3.05) is 13.1 Å². The lowest BCUT2D eigenvalue weighted by atomic mass is 9.96. The van der Waals surface area contributed by atoms with Gasteiger partial charge in [-0.15, -0.1) is 0 Å². The first-order valence-corrected chi connectivity index (χ1v) is 6.48. The molecule has 1 aliphatic rings. The number of likely N-dealkylation sites (tertiary alicyclic amines) is 1. The van der Waals surface area contributed by atoms with Crippen molar-refractivity contribution in [1.29, 1.82) is 0 Å². The van der Waals surface area contributed by atoms with Gasteiger partial charge in [-0.25, -0.2) is 8.78 Å². The second-order valence-electron chi connectivity index (χ2n) is 5.35. The number of nitro benzene ring substituents is 1. The van der Waals surface area contributed by atoms with Crippen molar-refractivity contribution >= 4 is 11.6 Å². The smallest absolute Gasteiger partial charge is 0.285 e. The lowest BCUT2D eigenvalue weighted by molar-refractivity contribution is -0.385. The van der Waals surface area contributed by atoms with Crippen molar-refractivity contribution in [1.82, 2.24) is 4.90 Å². The molecular weight excluding hydrogens is 284 g/mol. The molecule has 1 aromatic carbocycles. The summed E-state index contributed by atoms with van der Waals surface area (Å²) in [4.78, 5) is 23.7. The van der Waals surface area contributed by atoms with E-state index in [0.29, 0.717) is 18.7 Å². The summed E-state index contributed by atoms with van der Waals surface area (Å²) in [5.74, 6) is -3.22. The molecule has 114 valence electrons.